The van der Waals surface area contributed by atoms with E-state index in [1.165, 1.54) is 44.9 Å². The van der Waals surface area contributed by atoms with Gasteiger partial charge in [0.1, 0.15) is 0 Å². The number of aliphatic carboxylic acids is 1. The molecule has 0 unspecified atom stereocenters. The van der Waals surface area contributed by atoms with Gasteiger partial charge in [-0.3, -0.25) is 4.79 Å². The summed E-state index contributed by atoms with van der Waals surface area (Å²) in [5.41, 5.74) is 0. The molecule has 0 radical (unpaired) electrons. The summed E-state index contributed by atoms with van der Waals surface area (Å²) in [7, 11) is 0. The smallest absolute Gasteiger partial charge is 0.303 e. The lowest BCUT2D eigenvalue weighted by molar-refractivity contribution is -0.137. The molecule has 0 aliphatic carbocycles. The van der Waals surface area contributed by atoms with E-state index in [1.54, 1.807) is 0 Å². The lowest BCUT2D eigenvalue weighted by atomic mass is 10.1. The van der Waals surface area contributed by atoms with Gasteiger partial charge in [-0.25, -0.2) is 0 Å². The van der Waals surface area contributed by atoms with Crippen molar-refractivity contribution in [3.8, 4) is 0 Å². The van der Waals surface area contributed by atoms with Crippen molar-refractivity contribution in [2.24, 2.45) is 0 Å². The van der Waals surface area contributed by atoms with Crippen LogP contribution in [0.25, 0.3) is 0 Å². The molecule has 0 atom stereocenters. The molecule has 1 N–H and O–H groups in total. The molecule has 2 nitrogen and oxygen atoms in total. The molecule has 0 heterocycles. The van der Waals surface area contributed by atoms with Gasteiger partial charge in [-0.2, -0.15) is 0 Å². The van der Waals surface area contributed by atoms with E-state index in [2.05, 4.69) is 31.2 Å². The van der Waals surface area contributed by atoms with Crippen molar-refractivity contribution in [2.45, 2.75) is 77.6 Å². The van der Waals surface area contributed by atoms with Gasteiger partial charge in [0.25, 0.3) is 0 Å². The van der Waals surface area contributed by atoms with Crippen LogP contribution in [0, 0.1) is 0 Å². The lowest BCUT2D eigenvalue weighted by Gasteiger charge is -1.99. The summed E-state index contributed by atoms with van der Waals surface area (Å²) in [5, 5.41) is 8.49. The van der Waals surface area contributed by atoms with Gasteiger partial charge in [0, 0.05) is 6.42 Å². The minimum Gasteiger partial charge on any atom is -0.481 e. The average molecular weight is 266 g/mol. The Hall–Kier alpha value is -1.05. The Bertz CT molecular complexity index is 254. The molecule has 0 fully saturated rings. The Morgan fingerprint density at radius 1 is 0.842 bits per heavy atom. The van der Waals surface area contributed by atoms with E-state index < -0.39 is 5.97 Å². The fraction of sp³-hybridized carbons (Fsp3) is 0.706. The van der Waals surface area contributed by atoms with Crippen LogP contribution in [0.5, 0.6) is 0 Å². The minimum absolute atomic E-state index is 0.326. The van der Waals surface area contributed by atoms with Gasteiger partial charge in [-0.15, -0.1) is 0 Å². The summed E-state index contributed by atoms with van der Waals surface area (Å²) in [6.07, 6.45) is 20.8. The van der Waals surface area contributed by atoms with Gasteiger partial charge < -0.3 is 5.11 Å². The number of hydrogen-bond acceptors (Lipinski definition) is 1. The molecule has 19 heavy (non-hydrogen) atoms. The second kappa shape index (κ2) is 15.0. The largest absolute Gasteiger partial charge is 0.481 e. The molecule has 0 saturated carbocycles. The fourth-order valence-electron chi connectivity index (χ4n) is 1.92. The number of carboxylic acid groups (broad SMARTS) is 1. The molecule has 0 saturated heterocycles. The van der Waals surface area contributed by atoms with Crippen molar-refractivity contribution in [3.63, 3.8) is 0 Å². The van der Waals surface area contributed by atoms with Crippen LogP contribution in [0.2, 0.25) is 0 Å². The van der Waals surface area contributed by atoms with Crippen LogP contribution in [0.3, 0.4) is 0 Å². The zero-order chi connectivity index (χ0) is 14.2. The van der Waals surface area contributed by atoms with Crippen molar-refractivity contribution in [3.05, 3.63) is 24.3 Å². The van der Waals surface area contributed by atoms with Crippen molar-refractivity contribution in [1.29, 1.82) is 0 Å². The molecule has 0 spiro atoms. The summed E-state index contributed by atoms with van der Waals surface area (Å²) in [5.74, 6) is -0.669. The van der Waals surface area contributed by atoms with E-state index >= 15 is 0 Å². The normalized spacial score (nSPS) is 11.6. The standard InChI is InChI=1S/C17H30O2/c1-2-3-4-5-6-7-8-9-10-11-12-13-14-15-16-17(18)19/h5-8H,2-4,9-16H2,1H3,(H,18,19)/b6-5+,8-7-. The van der Waals surface area contributed by atoms with E-state index in [0.29, 0.717) is 6.42 Å². The minimum atomic E-state index is -0.669. The van der Waals surface area contributed by atoms with Crippen molar-refractivity contribution >= 4 is 5.97 Å². The highest BCUT2D eigenvalue weighted by atomic mass is 16.4. The Morgan fingerprint density at radius 3 is 1.95 bits per heavy atom. The molecule has 2 heteroatoms. The molecule has 0 bridgehead atoms. The highest BCUT2D eigenvalue weighted by molar-refractivity contribution is 5.66. The number of carbonyl (C=O) groups is 1. The topological polar surface area (TPSA) is 37.3 Å². The molecule has 0 aliphatic rings. The van der Waals surface area contributed by atoms with Gasteiger partial charge in [0.2, 0.25) is 0 Å². The first kappa shape index (κ1) is 17.9. The zero-order valence-corrected chi connectivity index (χ0v) is 12.4. The van der Waals surface area contributed by atoms with E-state index in [9.17, 15) is 4.79 Å². The van der Waals surface area contributed by atoms with Crippen LogP contribution < -0.4 is 0 Å². The van der Waals surface area contributed by atoms with Gasteiger partial charge in [0.15, 0.2) is 0 Å². The predicted molar refractivity (Wildman–Crippen MR) is 82.4 cm³/mol. The fourth-order valence-corrected chi connectivity index (χ4v) is 1.92. The molecule has 0 amide bonds. The van der Waals surface area contributed by atoms with Crippen LogP contribution in [-0.2, 0) is 4.79 Å². The molecular formula is C17H30O2. The van der Waals surface area contributed by atoms with Crippen LogP contribution in [-0.4, -0.2) is 11.1 Å². The first-order valence-corrected chi connectivity index (χ1v) is 7.80. The summed E-state index contributed by atoms with van der Waals surface area (Å²) in [6, 6.07) is 0. The third-order valence-electron chi connectivity index (χ3n) is 3.12. The van der Waals surface area contributed by atoms with E-state index in [1.807, 2.05) is 0 Å². The van der Waals surface area contributed by atoms with Crippen LogP contribution in [0.15, 0.2) is 24.3 Å². The lowest BCUT2D eigenvalue weighted by Crippen LogP contribution is -1.93. The summed E-state index contributed by atoms with van der Waals surface area (Å²) >= 11 is 0. The quantitative estimate of drug-likeness (QED) is 0.353. The maximum absolute atomic E-state index is 10.3. The van der Waals surface area contributed by atoms with Crippen molar-refractivity contribution in [2.75, 3.05) is 0 Å². The number of rotatable bonds is 13. The van der Waals surface area contributed by atoms with E-state index in [-0.39, 0.29) is 0 Å². The first-order valence-electron chi connectivity index (χ1n) is 7.80. The Labute approximate surface area is 118 Å². The number of allylic oxidation sites excluding steroid dienone is 4. The third kappa shape index (κ3) is 16.9. The molecule has 110 valence electrons. The molecule has 0 aromatic carbocycles. The number of carboxylic acids is 1. The van der Waals surface area contributed by atoms with Crippen LogP contribution >= 0.6 is 0 Å². The monoisotopic (exact) mass is 266 g/mol. The zero-order valence-electron chi connectivity index (χ0n) is 12.4. The van der Waals surface area contributed by atoms with E-state index in [0.717, 1.165) is 19.3 Å². The second-order valence-electron chi connectivity index (χ2n) is 5.05. The number of hydrogen-bond donors (Lipinski definition) is 1. The Balaban J connectivity index is 3.15. The van der Waals surface area contributed by atoms with Gasteiger partial charge in [0.05, 0.1) is 0 Å². The first-order chi connectivity index (χ1) is 9.27. The maximum atomic E-state index is 10.3. The molecular weight excluding hydrogens is 236 g/mol. The Morgan fingerprint density at radius 2 is 1.37 bits per heavy atom. The maximum Gasteiger partial charge on any atom is 0.303 e. The molecule has 0 aromatic heterocycles. The summed E-state index contributed by atoms with van der Waals surface area (Å²) in [6.45, 7) is 2.21. The van der Waals surface area contributed by atoms with Crippen molar-refractivity contribution in [1.82, 2.24) is 0 Å². The third-order valence-corrected chi connectivity index (χ3v) is 3.12. The molecule has 0 rings (SSSR count). The predicted octanol–water partition coefficient (Wildman–Crippen LogP) is 5.49. The van der Waals surface area contributed by atoms with Crippen molar-refractivity contribution < 1.29 is 9.90 Å². The van der Waals surface area contributed by atoms with Gasteiger partial charge in [-0.05, 0) is 25.7 Å². The number of unbranched alkanes of at least 4 members (excludes halogenated alkanes) is 8. The SMILES string of the molecule is CCCC/C=C/C=C\CCCCCCCCC(=O)O. The highest BCUT2D eigenvalue weighted by Crippen LogP contribution is 2.08. The van der Waals surface area contributed by atoms with Crippen LogP contribution in [0.1, 0.15) is 77.6 Å². The second-order valence-corrected chi connectivity index (χ2v) is 5.05. The Kier molecular flexibility index (Phi) is 14.2. The summed E-state index contributed by atoms with van der Waals surface area (Å²) < 4.78 is 0. The molecule has 0 aromatic rings. The van der Waals surface area contributed by atoms with Crippen LogP contribution in [0.4, 0.5) is 0 Å². The van der Waals surface area contributed by atoms with Gasteiger partial charge >= 0.3 is 5.97 Å². The average Bonchev–Trinajstić information content (AvgIpc) is 2.39. The highest BCUT2D eigenvalue weighted by Gasteiger charge is 1.95. The van der Waals surface area contributed by atoms with E-state index in [4.69, 9.17) is 5.11 Å². The molecule has 0 aliphatic heterocycles. The summed E-state index contributed by atoms with van der Waals surface area (Å²) in [4.78, 5) is 10.3. The van der Waals surface area contributed by atoms with Gasteiger partial charge in [-0.1, -0.05) is 69.8 Å².